The first-order chi connectivity index (χ1) is 7.75. The first-order valence-corrected chi connectivity index (χ1v) is 6.63. The standard InChI is InChI=1S/C15H26O2/c1-10-7-6-8-15(4,5)14(10)9-13(11(2)16)12(3)17/h11,13,16H,6-9H2,1-5H3/t11-,13+/m1/s1. The molecule has 1 N–H and O–H groups in total. The molecule has 0 aromatic heterocycles. The Balaban J connectivity index is 2.94. The first kappa shape index (κ1) is 14.4. The van der Waals surface area contributed by atoms with Crippen molar-refractivity contribution in [3.8, 4) is 0 Å². The van der Waals surface area contributed by atoms with Crippen molar-refractivity contribution in [3.05, 3.63) is 11.1 Å². The van der Waals surface area contributed by atoms with Gasteiger partial charge in [-0.15, -0.1) is 0 Å². The van der Waals surface area contributed by atoms with Crippen molar-refractivity contribution in [2.24, 2.45) is 11.3 Å². The second-order valence-electron chi connectivity index (χ2n) is 6.16. The van der Waals surface area contributed by atoms with E-state index in [4.69, 9.17) is 0 Å². The highest BCUT2D eigenvalue weighted by atomic mass is 16.3. The van der Waals surface area contributed by atoms with Crippen LogP contribution in [-0.2, 0) is 4.79 Å². The third kappa shape index (κ3) is 3.41. The van der Waals surface area contributed by atoms with Crippen LogP contribution in [0, 0.1) is 11.3 Å². The van der Waals surface area contributed by atoms with Crippen LogP contribution in [0.1, 0.15) is 60.3 Å². The van der Waals surface area contributed by atoms with Crippen LogP contribution < -0.4 is 0 Å². The molecule has 0 heterocycles. The van der Waals surface area contributed by atoms with Gasteiger partial charge in [0, 0.05) is 5.92 Å². The lowest BCUT2D eigenvalue weighted by atomic mass is 9.69. The number of rotatable bonds is 4. The molecule has 0 bridgehead atoms. The van der Waals surface area contributed by atoms with Gasteiger partial charge in [0.1, 0.15) is 5.78 Å². The lowest BCUT2D eigenvalue weighted by molar-refractivity contribution is -0.123. The van der Waals surface area contributed by atoms with Crippen molar-refractivity contribution in [2.75, 3.05) is 0 Å². The van der Waals surface area contributed by atoms with E-state index in [-0.39, 0.29) is 17.1 Å². The molecule has 17 heavy (non-hydrogen) atoms. The Labute approximate surface area is 105 Å². The van der Waals surface area contributed by atoms with E-state index in [2.05, 4.69) is 20.8 Å². The fourth-order valence-corrected chi connectivity index (χ4v) is 3.00. The topological polar surface area (TPSA) is 37.3 Å². The number of carbonyl (C=O) groups excluding carboxylic acids is 1. The summed E-state index contributed by atoms with van der Waals surface area (Å²) in [7, 11) is 0. The summed E-state index contributed by atoms with van der Waals surface area (Å²) in [6, 6.07) is 0. The summed E-state index contributed by atoms with van der Waals surface area (Å²) in [5.74, 6) is -0.140. The van der Waals surface area contributed by atoms with Crippen LogP contribution in [0.25, 0.3) is 0 Å². The smallest absolute Gasteiger partial charge is 0.135 e. The maximum atomic E-state index is 11.6. The van der Waals surface area contributed by atoms with Gasteiger partial charge in [-0.05, 0) is 51.9 Å². The molecule has 0 aliphatic heterocycles. The molecule has 0 aromatic rings. The van der Waals surface area contributed by atoms with Gasteiger partial charge in [-0.25, -0.2) is 0 Å². The summed E-state index contributed by atoms with van der Waals surface area (Å²) in [6.45, 7) is 9.99. The van der Waals surface area contributed by atoms with Crippen LogP contribution in [0.5, 0.6) is 0 Å². The van der Waals surface area contributed by atoms with Crippen LogP contribution in [0.2, 0.25) is 0 Å². The third-order valence-electron chi connectivity index (χ3n) is 4.21. The number of carbonyl (C=O) groups is 1. The fraction of sp³-hybridized carbons (Fsp3) is 0.800. The molecule has 0 saturated carbocycles. The quantitative estimate of drug-likeness (QED) is 0.761. The van der Waals surface area contributed by atoms with Gasteiger partial charge in [-0.1, -0.05) is 25.0 Å². The van der Waals surface area contributed by atoms with Crippen LogP contribution >= 0.6 is 0 Å². The minimum atomic E-state index is -0.550. The molecular weight excluding hydrogens is 212 g/mol. The van der Waals surface area contributed by atoms with Gasteiger partial charge in [0.2, 0.25) is 0 Å². The molecule has 98 valence electrons. The molecule has 0 aromatic carbocycles. The van der Waals surface area contributed by atoms with E-state index >= 15 is 0 Å². The second-order valence-corrected chi connectivity index (χ2v) is 6.16. The highest BCUT2D eigenvalue weighted by molar-refractivity contribution is 5.79. The molecule has 2 nitrogen and oxygen atoms in total. The van der Waals surface area contributed by atoms with Crippen molar-refractivity contribution >= 4 is 5.78 Å². The van der Waals surface area contributed by atoms with Crippen molar-refractivity contribution in [1.29, 1.82) is 0 Å². The lowest BCUT2D eigenvalue weighted by Crippen LogP contribution is -2.29. The summed E-state index contributed by atoms with van der Waals surface area (Å²) in [6.07, 6.45) is 3.74. The first-order valence-electron chi connectivity index (χ1n) is 6.63. The summed E-state index contributed by atoms with van der Waals surface area (Å²) in [4.78, 5) is 11.6. The normalized spacial score (nSPS) is 23.4. The van der Waals surface area contributed by atoms with Crippen molar-refractivity contribution in [2.45, 2.75) is 66.4 Å². The van der Waals surface area contributed by atoms with E-state index in [1.807, 2.05) is 0 Å². The highest BCUT2D eigenvalue weighted by Crippen LogP contribution is 2.43. The maximum Gasteiger partial charge on any atom is 0.135 e. The van der Waals surface area contributed by atoms with Gasteiger partial charge >= 0.3 is 0 Å². The largest absolute Gasteiger partial charge is 0.393 e. The fourth-order valence-electron chi connectivity index (χ4n) is 3.00. The van der Waals surface area contributed by atoms with Gasteiger partial charge in [-0.3, -0.25) is 4.79 Å². The predicted molar refractivity (Wildman–Crippen MR) is 70.8 cm³/mol. The SMILES string of the molecule is CC(=O)[C@@H](CC1=C(C)CCCC1(C)C)[C@@H](C)O. The van der Waals surface area contributed by atoms with Gasteiger partial charge < -0.3 is 5.11 Å². The molecule has 0 amide bonds. The Morgan fingerprint density at radius 3 is 2.47 bits per heavy atom. The van der Waals surface area contributed by atoms with E-state index in [0.717, 1.165) is 12.8 Å². The molecule has 2 heteroatoms. The van der Waals surface area contributed by atoms with Crippen LogP contribution in [0.15, 0.2) is 11.1 Å². The van der Waals surface area contributed by atoms with Crippen molar-refractivity contribution in [3.63, 3.8) is 0 Å². The van der Waals surface area contributed by atoms with Crippen molar-refractivity contribution in [1.82, 2.24) is 0 Å². The Hall–Kier alpha value is -0.630. The maximum absolute atomic E-state index is 11.6. The zero-order valence-corrected chi connectivity index (χ0v) is 11.8. The number of hydrogen-bond acceptors (Lipinski definition) is 2. The Kier molecular flexibility index (Phi) is 4.54. The van der Waals surface area contributed by atoms with Gasteiger partial charge in [0.25, 0.3) is 0 Å². The average Bonchev–Trinajstić information content (AvgIpc) is 2.14. The van der Waals surface area contributed by atoms with E-state index in [1.165, 1.54) is 24.0 Å². The molecule has 0 unspecified atom stereocenters. The number of ketones is 1. The summed E-state index contributed by atoms with van der Waals surface area (Å²) < 4.78 is 0. The molecule has 1 aliphatic rings. The number of Topliss-reactive ketones (excluding diaryl/α,β-unsaturated/α-hetero) is 1. The van der Waals surface area contributed by atoms with Crippen molar-refractivity contribution < 1.29 is 9.90 Å². The average molecular weight is 238 g/mol. The van der Waals surface area contributed by atoms with Crippen LogP contribution in [0.4, 0.5) is 0 Å². The summed E-state index contributed by atoms with van der Waals surface area (Å²) >= 11 is 0. The highest BCUT2D eigenvalue weighted by Gasteiger charge is 2.32. The van der Waals surface area contributed by atoms with E-state index in [9.17, 15) is 9.90 Å². The molecule has 2 atom stereocenters. The molecule has 0 spiro atoms. The molecule has 0 fully saturated rings. The van der Waals surface area contributed by atoms with Crippen LogP contribution in [0.3, 0.4) is 0 Å². The minimum Gasteiger partial charge on any atom is -0.393 e. The zero-order chi connectivity index (χ0) is 13.2. The Bertz CT molecular complexity index is 324. The molecular formula is C15H26O2. The van der Waals surface area contributed by atoms with E-state index in [0.29, 0.717) is 0 Å². The predicted octanol–water partition coefficient (Wildman–Crippen LogP) is 3.49. The van der Waals surface area contributed by atoms with Gasteiger partial charge in [-0.2, -0.15) is 0 Å². The molecule has 1 aliphatic carbocycles. The molecule has 0 radical (unpaired) electrons. The monoisotopic (exact) mass is 238 g/mol. The van der Waals surface area contributed by atoms with Gasteiger partial charge in [0.05, 0.1) is 6.10 Å². The number of allylic oxidation sites excluding steroid dienone is 2. The van der Waals surface area contributed by atoms with Gasteiger partial charge in [0.15, 0.2) is 0 Å². The number of hydrogen-bond donors (Lipinski definition) is 1. The number of aliphatic hydroxyl groups is 1. The second kappa shape index (κ2) is 5.34. The third-order valence-corrected chi connectivity index (χ3v) is 4.21. The summed E-state index contributed by atoms with van der Waals surface area (Å²) in [5.41, 5.74) is 3.00. The Morgan fingerprint density at radius 2 is 2.06 bits per heavy atom. The molecule has 1 rings (SSSR count). The van der Waals surface area contributed by atoms with E-state index < -0.39 is 6.10 Å². The minimum absolute atomic E-state index is 0.0988. The van der Waals surface area contributed by atoms with Crippen LogP contribution in [-0.4, -0.2) is 17.0 Å². The summed E-state index contributed by atoms with van der Waals surface area (Å²) in [5, 5.41) is 9.73. The van der Waals surface area contributed by atoms with E-state index in [1.54, 1.807) is 13.8 Å². The Morgan fingerprint density at radius 1 is 1.47 bits per heavy atom. The zero-order valence-electron chi connectivity index (χ0n) is 11.8. The number of aliphatic hydroxyl groups excluding tert-OH is 1. The molecule has 0 saturated heterocycles. The lowest BCUT2D eigenvalue weighted by Gasteiger charge is -2.36.